The number of hydrogen-bond donors (Lipinski definition) is 1. The smallest absolute Gasteiger partial charge is 0.223 e. The number of rotatable bonds is 5. The standard InChI is InChI=1S/C17H20N6/c1-4-14(13-6-5-8-18-11-13)21-17-19-10-12(2)16(22-17)15-7-9-20-23(15)3/h5-11,14H,4H2,1-3H3,(H,19,21,22)/t14-/m1/s1. The van der Waals surface area contributed by atoms with Crippen molar-refractivity contribution in [1.82, 2.24) is 24.7 Å². The number of aryl methyl sites for hydroxylation is 2. The monoisotopic (exact) mass is 308 g/mol. The van der Waals surface area contributed by atoms with Gasteiger partial charge in [0.1, 0.15) is 0 Å². The van der Waals surface area contributed by atoms with Crippen LogP contribution >= 0.6 is 0 Å². The van der Waals surface area contributed by atoms with E-state index in [1.165, 1.54) is 0 Å². The summed E-state index contributed by atoms with van der Waals surface area (Å²) in [6.07, 6.45) is 8.18. The van der Waals surface area contributed by atoms with Crippen LogP contribution in [0.5, 0.6) is 0 Å². The molecule has 0 aliphatic rings. The van der Waals surface area contributed by atoms with Gasteiger partial charge in [-0.15, -0.1) is 0 Å². The number of hydrogen-bond acceptors (Lipinski definition) is 5. The van der Waals surface area contributed by atoms with E-state index in [1.807, 2.05) is 43.2 Å². The molecule has 3 heterocycles. The summed E-state index contributed by atoms with van der Waals surface area (Å²) in [7, 11) is 1.91. The highest BCUT2D eigenvalue weighted by Gasteiger charge is 2.14. The van der Waals surface area contributed by atoms with E-state index in [0.717, 1.165) is 28.9 Å². The molecule has 0 aliphatic heterocycles. The summed E-state index contributed by atoms with van der Waals surface area (Å²) in [5.41, 5.74) is 4.01. The lowest BCUT2D eigenvalue weighted by atomic mass is 10.1. The van der Waals surface area contributed by atoms with Crippen molar-refractivity contribution >= 4 is 5.95 Å². The van der Waals surface area contributed by atoms with E-state index < -0.39 is 0 Å². The van der Waals surface area contributed by atoms with Crippen molar-refractivity contribution < 1.29 is 0 Å². The summed E-state index contributed by atoms with van der Waals surface area (Å²) in [6, 6.07) is 6.09. The second kappa shape index (κ2) is 6.56. The van der Waals surface area contributed by atoms with Crippen LogP contribution in [0.25, 0.3) is 11.4 Å². The normalized spacial score (nSPS) is 12.1. The summed E-state index contributed by atoms with van der Waals surface area (Å²) in [6.45, 7) is 4.13. The van der Waals surface area contributed by atoms with Crippen molar-refractivity contribution in [2.45, 2.75) is 26.3 Å². The van der Waals surface area contributed by atoms with Gasteiger partial charge in [-0.1, -0.05) is 13.0 Å². The Bertz CT molecular complexity index is 781. The van der Waals surface area contributed by atoms with Gasteiger partial charge in [-0.3, -0.25) is 9.67 Å². The van der Waals surface area contributed by atoms with E-state index in [9.17, 15) is 0 Å². The molecule has 0 amide bonds. The maximum Gasteiger partial charge on any atom is 0.223 e. The van der Waals surface area contributed by atoms with Gasteiger partial charge in [-0.05, 0) is 36.6 Å². The second-order valence-corrected chi connectivity index (χ2v) is 5.46. The first kappa shape index (κ1) is 15.1. The molecule has 0 saturated carbocycles. The molecule has 0 radical (unpaired) electrons. The maximum absolute atomic E-state index is 4.69. The van der Waals surface area contributed by atoms with Crippen LogP contribution in [-0.4, -0.2) is 24.7 Å². The largest absolute Gasteiger partial charge is 0.347 e. The predicted octanol–water partition coefficient (Wildman–Crippen LogP) is 3.14. The molecular formula is C17H20N6. The topological polar surface area (TPSA) is 68.5 Å². The zero-order chi connectivity index (χ0) is 16.2. The molecule has 1 N–H and O–H groups in total. The molecule has 6 heteroatoms. The molecule has 0 bridgehead atoms. The minimum Gasteiger partial charge on any atom is -0.347 e. The van der Waals surface area contributed by atoms with E-state index in [4.69, 9.17) is 0 Å². The third-order valence-corrected chi connectivity index (χ3v) is 3.83. The fraction of sp³-hybridized carbons (Fsp3) is 0.294. The third kappa shape index (κ3) is 3.21. The molecular weight excluding hydrogens is 288 g/mol. The number of nitrogens with zero attached hydrogens (tertiary/aromatic N) is 5. The average Bonchev–Trinajstić information content (AvgIpc) is 3.00. The zero-order valence-electron chi connectivity index (χ0n) is 13.6. The number of pyridine rings is 1. The quantitative estimate of drug-likeness (QED) is 0.784. The van der Waals surface area contributed by atoms with Gasteiger partial charge in [0.05, 0.1) is 17.4 Å². The third-order valence-electron chi connectivity index (χ3n) is 3.83. The Hall–Kier alpha value is -2.76. The van der Waals surface area contributed by atoms with Crippen molar-refractivity contribution in [2.24, 2.45) is 7.05 Å². The first-order chi connectivity index (χ1) is 11.2. The van der Waals surface area contributed by atoms with Gasteiger partial charge in [0, 0.05) is 31.8 Å². The fourth-order valence-corrected chi connectivity index (χ4v) is 2.54. The Balaban J connectivity index is 1.90. The zero-order valence-corrected chi connectivity index (χ0v) is 13.6. The Morgan fingerprint density at radius 3 is 2.74 bits per heavy atom. The SMILES string of the molecule is CC[C@@H](Nc1ncc(C)c(-c2ccnn2C)n1)c1cccnc1. The van der Waals surface area contributed by atoms with Crippen molar-refractivity contribution in [1.29, 1.82) is 0 Å². The minimum absolute atomic E-state index is 0.130. The summed E-state index contributed by atoms with van der Waals surface area (Å²) in [5, 5.41) is 7.62. The summed E-state index contributed by atoms with van der Waals surface area (Å²) >= 11 is 0. The van der Waals surface area contributed by atoms with Crippen LogP contribution < -0.4 is 5.32 Å². The molecule has 3 aromatic heterocycles. The van der Waals surface area contributed by atoms with Crippen molar-refractivity contribution in [3.05, 3.63) is 54.1 Å². The predicted molar refractivity (Wildman–Crippen MR) is 89.9 cm³/mol. The highest BCUT2D eigenvalue weighted by atomic mass is 15.3. The number of nitrogens with one attached hydrogen (secondary N) is 1. The van der Waals surface area contributed by atoms with Gasteiger partial charge in [-0.2, -0.15) is 5.10 Å². The Morgan fingerprint density at radius 2 is 2.09 bits per heavy atom. The molecule has 1 atom stereocenters. The Kier molecular flexibility index (Phi) is 4.32. The van der Waals surface area contributed by atoms with Gasteiger partial charge >= 0.3 is 0 Å². The minimum atomic E-state index is 0.130. The van der Waals surface area contributed by atoms with Crippen LogP contribution in [0.1, 0.15) is 30.5 Å². The molecule has 0 saturated heterocycles. The lowest BCUT2D eigenvalue weighted by Crippen LogP contribution is -2.13. The van der Waals surface area contributed by atoms with Crippen LogP contribution in [0.4, 0.5) is 5.95 Å². The van der Waals surface area contributed by atoms with Crippen LogP contribution in [0.15, 0.2) is 43.0 Å². The molecule has 3 aromatic rings. The number of aromatic nitrogens is 5. The van der Waals surface area contributed by atoms with E-state index >= 15 is 0 Å². The lowest BCUT2D eigenvalue weighted by molar-refractivity contribution is 0.733. The van der Waals surface area contributed by atoms with Crippen LogP contribution in [0, 0.1) is 6.92 Å². The first-order valence-corrected chi connectivity index (χ1v) is 7.67. The maximum atomic E-state index is 4.69. The molecule has 0 fully saturated rings. The number of anilines is 1. The first-order valence-electron chi connectivity index (χ1n) is 7.67. The van der Waals surface area contributed by atoms with Gasteiger partial charge < -0.3 is 5.32 Å². The van der Waals surface area contributed by atoms with Crippen LogP contribution in [0.3, 0.4) is 0 Å². The molecule has 0 aliphatic carbocycles. The molecule has 3 rings (SSSR count). The highest BCUT2D eigenvalue weighted by Crippen LogP contribution is 2.24. The molecule has 23 heavy (non-hydrogen) atoms. The van der Waals surface area contributed by atoms with E-state index in [2.05, 4.69) is 38.4 Å². The van der Waals surface area contributed by atoms with Crippen LogP contribution in [0.2, 0.25) is 0 Å². The van der Waals surface area contributed by atoms with Gasteiger partial charge in [-0.25, -0.2) is 9.97 Å². The van der Waals surface area contributed by atoms with E-state index in [-0.39, 0.29) is 6.04 Å². The van der Waals surface area contributed by atoms with E-state index in [1.54, 1.807) is 12.4 Å². The summed E-state index contributed by atoms with van der Waals surface area (Å²) < 4.78 is 1.82. The van der Waals surface area contributed by atoms with Gasteiger partial charge in [0.25, 0.3) is 0 Å². The van der Waals surface area contributed by atoms with Gasteiger partial charge in [0.15, 0.2) is 0 Å². The Labute approximate surface area is 135 Å². The molecule has 0 spiro atoms. The Morgan fingerprint density at radius 1 is 1.22 bits per heavy atom. The van der Waals surface area contributed by atoms with Gasteiger partial charge in [0.2, 0.25) is 5.95 Å². The fourth-order valence-electron chi connectivity index (χ4n) is 2.54. The lowest BCUT2D eigenvalue weighted by Gasteiger charge is -2.17. The van der Waals surface area contributed by atoms with Crippen molar-refractivity contribution in [2.75, 3.05) is 5.32 Å². The molecule has 0 unspecified atom stereocenters. The van der Waals surface area contributed by atoms with Crippen molar-refractivity contribution in [3.63, 3.8) is 0 Å². The molecule has 6 nitrogen and oxygen atoms in total. The summed E-state index contributed by atoms with van der Waals surface area (Å²) in [5.74, 6) is 0.613. The summed E-state index contributed by atoms with van der Waals surface area (Å²) in [4.78, 5) is 13.3. The van der Waals surface area contributed by atoms with Crippen LogP contribution in [-0.2, 0) is 7.05 Å². The molecule has 118 valence electrons. The second-order valence-electron chi connectivity index (χ2n) is 5.46. The van der Waals surface area contributed by atoms with Crippen molar-refractivity contribution in [3.8, 4) is 11.4 Å². The van der Waals surface area contributed by atoms with E-state index in [0.29, 0.717) is 5.95 Å². The average molecular weight is 308 g/mol. The highest BCUT2D eigenvalue weighted by molar-refractivity contribution is 5.59. The molecule has 0 aromatic carbocycles.